The molecule has 16 nitrogen and oxygen atoms in total. The van der Waals surface area contributed by atoms with Crippen molar-refractivity contribution in [1.29, 1.82) is 0 Å². The Morgan fingerprint density at radius 2 is 1.38 bits per heavy atom. The molecule has 0 spiro atoms. The Morgan fingerprint density at radius 3 is 1.93 bits per heavy atom. The van der Waals surface area contributed by atoms with Crippen LogP contribution in [0.3, 0.4) is 0 Å². The molecule has 1 aliphatic heterocycles. The Bertz CT molecular complexity index is 1070. The monoisotopic (exact) mass is 571 g/mol. The normalized spacial score (nSPS) is 21.9. The second-order valence-corrected chi connectivity index (χ2v) is 8.24. The van der Waals surface area contributed by atoms with E-state index in [0.717, 1.165) is 39.8 Å². The molecule has 16 heteroatoms. The highest BCUT2D eigenvalue weighted by atomic mass is 16.7. The van der Waals surface area contributed by atoms with Crippen molar-refractivity contribution in [3.63, 3.8) is 0 Å². The lowest BCUT2D eigenvalue weighted by molar-refractivity contribution is -0.384. The molecule has 5 atom stereocenters. The Kier molecular flexibility index (Phi) is 12.2. The number of carbonyl (C=O) groups excluding carboxylic acids is 5. The summed E-state index contributed by atoms with van der Waals surface area (Å²) in [5, 5.41) is 10.7. The first-order valence-electron chi connectivity index (χ1n) is 11.9. The second kappa shape index (κ2) is 15.3. The number of hydrogen-bond donors (Lipinski definition) is 0. The van der Waals surface area contributed by atoms with Crippen LogP contribution in [0.4, 0.5) is 10.5 Å². The van der Waals surface area contributed by atoms with Crippen molar-refractivity contribution in [2.24, 2.45) is 0 Å². The van der Waals surface area contributed by atoms with Gasteiger partial charge in [0.25, 0.3) is 5.69 Å². The standard InChI is InChI=1S/C24H29NO15/c1-13(26)35-12-19-20(36-14(2)27)21(37-15(3)28)22(38-16(4)29)23(40-19)33-10-5-11-34-24(30)39-18-8-6-17(7-9-18)25(31)32/h6-9,19-23H,5,10-12H2,1-4H3/t19-,20-,21+,22-,23-/m1/s1. The Balaban J connectivity index is 2.03. The van der Waals surface area contributed by atoms with Gasteiger partial charge in [0.05, 0.1) is 18.1 Å². The Labute approximate surface area is 227 Å². The lowest BCUT2D eigenvalue weighted by Crippen LogP contribution is -2.63. The highest BCUT2D eigenvalue weighted by Crippen LogP contribution is 2.30. The van der Waals surface area contributed by atoms with Gasteiger partial charge in [-0.1, -0.05) is 0 Å². The molecule has 1 fully saturated rings. The number of nitro benzene ring substituents is 1. The molecule has 2 rings (SSSR count). The van der Waals surface area contributed by atoms with Crippen molar-refractivity contribution in [3.8, 4) is 5.75 Å². The highest BCUT2D eigenvalue weighted by Gasteiger charge is 2.52. The van der Waals surface area contributed by atoms with E-state index in [-0.39, 0.29) is 31.1 Å². The van der Waals surface area contributed by atoms with Crippen molar-refractivity contribution >= 4 is 35.7 Å². The quantitative estimate of drug-likeness (QED) is 0.0873. The molecule has 1 aliphatic rings. The average molecular weight is 571 g/mol. The molecule has 0 unspecified atom stereocenters. The molecular formula is C24H29NO15. The summed E-state index contributed by atoms with van der Waals surface area (Å²) in [5.74, 6) is -2.96. The Morgan fingerprint density at radius 1 is 0.800 bits per heavy atom. The fourth-order valence-corrected chi connectivity index (χ4v) is 3.50. The Hall–Kier alpha value is -4.31. The van der Waals surface area contributed by atoms with E-state index in [2.05, 4.69) is 0 Å². The number of nitrogens with zero attached hydrogens (tertiary/aromatic N) is 1. The minimum Gasteiger partial charge on any atom is -0.463 e. The number of rotatable bonds is 12. The first-order valence-corrected chi connectivity index (χ1v) is 11.9. The van der Waals surface area contributed by atoms with Gasteiger partial charge in [0.2, 0.25) is 0 Å². The summed E-state index contributed by atoms with van der Waals surface area (Å²) in [5.41, 5.74) is -0.180. The lowest BCUT2D eigenvalue weighted by Gasteiger charge is -2.44. The molecule has 0 radical (unpaired) electrons. The molecule has 0 bridgehead atoms. The molecule has 0 saturated carbocycles. The van der Waals surface area contributed by atoms with Crippen molar-refractivity contribution in [1.82, 2.24) is 0 Å². The number of nitro groups is 1. The van der Waals surface area contributed by atoms with Crippen molar-refractivity contribution < 1.29 is 66.8 Å². The number of hydrogen-bond acceptors (Lipinski definition) is 15. The number of ether oxygens (including phenoxy) is 8. The molecule has 1 saturated heterocycles. The van der Waals surface area contributed by atoms with Gasteiger partial charge >= 0.3 is 30.0 Å². The minimum atomic E-state index is -1.38. The fourth-order valence-electron chi connectivity index (χ4n) is 3.50. The summed E-state index contributed by atoms with van der Waals surface area (Å²) < 4.78 is 42.1. The summed E-state index contributed by atoms with van der Waals surface area (Å²) >= 11 is 0. The third-order valence-electron chi connectivity index (χ3n) is 4.99. The number of benzene rings is 1. The van der Waals surface area contributed by atoms with Gasteiger partial charge in [0.15, 0.2) is 24.6 Å². The van der Waals surface area contributed by atoms with E-state index in [0.29, 0.717) is 0 Å². The number of carbonyl (C=O) groups is 5. The minimum absolute atomic E-state index is 0.0318. The van der Waals surface area contributed by atoms with E-state index < -0.39 is 72.3 Å². The topological polar surface area (TPSA) is 202 Å². The van der Waals surface area contributed by atoms with Gasteiger partial charge in [-0.25, -0.2) is 4.79 Å². The van der Waals surface area contributed by atoms with Crippen LogP contribution < -0.4 is 4.74 Å². The predicted molar refractivity (Wildman–Crippen MR) is 128 cm³/mol. The second-order valence-electron chi connectivity index (χ2n) is 8.24. The fraction of sp³-hybridized carbons (Fsp3) is 0.542. The summed E-state index contributed by atoms with van der Waals surface area (Å²) in [6.45, 7) is 3.72. The molecule has 0 amide bonds. The van der Waals surface area contributed by atoms with Crippen molar-refractivity contribution in [2.75, 3.05) is 19.8 Å². The maximum atomic E-state index is 11.9. The molecule has 0 aromatic heterocycles. The van der Waals surface area contributed by atoms with Gasteiger partial charge in [0, 0.05) is 46.2 Å². The summed E-state index contributed by atoms with van der Waals surface area (Å²) in [4.78, 5) is 68.7. The van der Waals surface area contributed by atoms with Gasteiger partial charge < -0.3 is 37.9 Å². The molecule has 1 aromatic rings. The van der Waals surface area contributed by atoms with E-state index in [9.17, 15) is 34.1 Å². The van der Waals surface area contributed by atoms with Gasteiger partial charge in [-0.15, -0.1) is 0 Å². The average Bonchev–Trinajstić information content (AvgIpc) is 2.85. The van der Waals surface area contributed by atoms with E-state index >= 15 is 0 Å². The van der Waals surface area contributed by atoms with E-state index in [4.69, 9.17) is 37.9 Å². The van der Waals surface area contributed by atoms with Gasteiger partial charge in [-0.2, -0.15) is 0 Å². The molecule has 1 heterocycles. The third kappa shape index (κ3) is 10.5. The molecule has 220 valence electrons. The van der Waals surface area contributed by atoms with Crippen LogP contribution in [0, 0.1) is 10.1 Å². The van der Waals surface area contributed by atoms with Crippen LogP contribution >= 0.6 is 0 Å². The molecule has 40 heavy (non-hydrogen) atoms. The molecule has 0 N–H and O–H groups in total. The zero-order chi connectivity index (χ0) is 29.8. The lowest BCUT2D eigenvalue weighted by atomic mass is 9.98. The van der Waals surface area contributed by atoms with Crippen LogP contribution in [-0.4, -0.2) is 85.5 Å². The van der Waals surface area contributed by atoms with Crippen LogP contribution in [0.1, 0.15) is 34.1 Å². The van der Waals surface area contributed by atoms with Crippen LogP contribution in [-0.2, 0) is 52.3 Å². The van der Waals surface area contributed by atoms with Crippen LogP contribution in [0.2, 0.25) is 0 Å². The zero-order valence-corrected chi connectivity index (χ0v) is 22.1. The van der Waals surface area contributed by atoms with Gasteiger partial charge in [-0.05, 0) is 12.1 Å². The van der Waals surface area contributed by atoms with Crippen molar-refractivity contribution in [2.45, 2.75) is 64.8 Å². The SMILES string of the molecule is CC(=O)OC[C@H]1O[C@@H](OCCCOC(=O)Oc2ccc([N+](=O)[O-])cc2)[C@H](OC(C)=O)[C@@H](OC(C)=O)[C@@H]1OC(C)=O. The van der Waals surface area contributed by atoms with Gasteiger partial charge in [-0.3, -0.25) is 29.3 Å². The first-order chi connectivity index (χ1) is 18.9. The summed E-state index contributed by atoms with van der Waals surface area (Å²) in [6, 6.07) is 4.77. The maximum absolute atomic E-state index is 11.9. The zero-order valence-electron chi connectivity index (χ0n) is 22.1. The van der Waals surface area contributed by atoms with Crippen LogP contribution in [0.5, 0.6) is 5.75 Å². The van der Waals surface area contributed by atoms with Gasteiger partial charge in [0.1, 0.15) is 18.5 Å². The first kappa shape index (κ1) is 31.9. The molecular weight excluding hydrogens is 542 g/mol. The van der Waals surface area contributed by atoms with E-state index in [1.165, 1.54) is 12.1 Å². The summed E-state index contributed by atoms with van der Waals surface area (Å²) in [6.07, 6.45) is -7.58. The largest absolute Gasteiger partial charge is 0.513 e. The number of non-ortho nitro benzene ring substituents is 1. The molecule has 1 aromatic carbocycles. The predicted octanol–water partition coefficient (Wildman–Crippen LogP) is 1.60. The summed E-state index contributed by atoms with van der Waals surface area (Å²) in [7, 11) is 0. The van der Waals surface area contributed by atoms with Crippen molar-refractivity contribution in [3.05, 3.63) is 34.4 Å². The van der Waals surface area contributed by atoms with Crippen LogP contribution in [0.15, 0.2) is 24.3 Å². The smallest absolute Gasteiger partial charge is 0.463 e. The highest BCUT2D eigenvalue weighted by molar-refractivity contribution is 5.68. The molecule has 0 aliphatic carbocycles. The van der Waals surface area contributed by atoms with Crippen LogP contribution in [0.25, 0.3) is 0 Å². The number of esters is 4. The van der Waals surface area contributed by atoms with E-state index in [1.54, 1.807) is 0 Å². The third-order valence-corrected chi connectivity index (χ3v) is 4.99. The van der Waals surface area contributed by atoms with E-state index in [1.807, 2.05) is 0 Å². The maximum Gasteiger partial charge on any atom is 0.513 e.